The van der Waals surface area contributed by atoms with Crippen molar-refractivity contribution in [3.63, 3.8) is 0 Å². The number of carbonyl (C=O) groups excluding carboxylic acids is 2. The van der Waals surface area contributed by atoms with Gasteiger partial charge >= 0.3 is 0 Å². The molecule has 2 aliphatic carbocycles. The molecule has 0 aliphatic heterocycles. The van der Waals surface area contributed by atoms with Gasteiger partial charge in [-0.3, -0.25) is 9.59 Å². The number of halogens is 1. The molecule has 2 amide bonds. The molecule has 2 saturated carbocycles. The smallest absolute Gasteiger partial charge is 0.225 e. The maximum Gasteiger partial charge on any atom is 0.225 e. The Bertz CT molecular complexity index is 623. The lowest BCUT2D eigenvalue weighted by Crippen LogP contribution is -2.46. The van der Waals surface area contributed by atoms with E-state index in [0.29, 0.717) is 36.4 Å². The average Bonchev–Trinajstić information content (AvgIpc) is 3.12. The molecule has 6 nitrogen and oxygen atoms in total. The van der Waals surface area contributed by atoms with Crippen molar-refractivity contribution in [3.8, 4) is 5.75 Å². The van der Waals surface area contributed by atoms with E-state index in [1.807, 2.05) is 12.1 Å². The molecule has 25 heavy (non-hydrogen) atoms. The predicted octanol–water partition coefficient (Wildman–Crippen LogP) is 1.94. The van der Waals surface area contributed by atoms with Gasteiger partial charge in [-0.1, -0.05) is 6.07 Å². The summed E-state index contributed by atoms with van der Waals surface area (Å²) in [4.78, 5) is 23.4. The molecule has 0 heterocycles. The van der Waals surface area contributed by atoms with Crippen LogP contribution in [-0.4, -0.2) is 31.0 Å². The summed E-state index contributed by atoms with van der Waals surface area (Å²) in [5, 5.41) is 5.65. The topological polar surface area (TPSA) is 93.5 Å². The standard InChI is InChI=1S/C18H25N3O3.ClH/c1-11(22)21-14-3-2-4-15(10-14)24-8-7-20-18(23)16-12-5-6-13(9-12)17(16)19;/h2-4,10,12-13,16-17H,5-9,19H2,1H3,(H,20,23)(H,21,22);1H. The molecule has 2 aliphatic rings. The highest BCUT2D eigenvalue weighted by Crippen LogP contribution is 2.47. The van der Waals surface area contributed by atoms with E-state index in [1.165, 1.54) is 13.3 Å². The number of hydrogen-bond acceptors (Lipinski definition) is 4. The van der Waals surface area contributed by atoms with Crippen LogP contribution in [0.5, 0.6) is 5.75 Å². The van der Waals surface area contributed by atoms with Gasteiger partial charge in [-0.25, -0.2) is 0 Å². The van der Waals surface area contributed by atoms with Crippen molar-refractivity contribution in [1.29, 1.82) is 0 Å². The number of carbonyl (C=O) groups is 2. The molecular weight excluding hydrogens is 342 g/mol. The number of ether oxygens (including phenoxy) is 1. The third-order valence-corrected chi connectivity index (χ3v) is 5.11. The fourth-order valence-electron chi connectivity index (χ4n) is 4.05. The van der Waals surface area contributed by atoms with Gasteiger partial charge in [0.2, 0.25) is 11.8 Å². The molecule has 1 aromatic carbocycles. The fourth-order valence-corrected chi connectivity index (χ4v) is 4.05. The van der Waals surface area contributed by atoms with Crippen LogP contribution in [-0.2, 0) is 9.59 Å². The Hall–Kier alpha value is -1.79. The van der Waals surface area contributed by atoms with Crippen LogP contribution in [0.2, 0.25) is 0 Å². The number of hydrogen-bond donors (Lipinski definition) is 3. The molecule has 0 spiro atoms. The second-order valence-electron chi connectivity index (χ2n) is 6.78. The van der Waals surface area contributed by atoms with Gasteiger partial charge in [-0.15, -0.1) is 12.4 Å². The Morgan fingerprint density at radius 2 is 2.04 bits per heavy atom. The van der Waals surface area contributed by atoms with Crippen molar-refractivity contribution in [2.45, 2.75) is 32.2 Å². The van der Waals surface area contributed by atoms with E-state index < -0.39 is 0 Å². The minimum atomic E-state index is -0.124. The molecule has 138 valence electrons. The number of nitrogens with one attached hydrogen (secondary N) is 2. The molecule has 2 fully saturated rings. The first kappa shape index (κ1) is 19.5. The molecule has 2 bridgehead atoms. The van der Waals surface area contributed by atoms with Crippen LogP contribution in [0.3, 0.4) is 0 Å². The molecule has 3 rings (SSSR count). The van der Waals surface area contributed by atoms with E-state index in [4.69, 9.17) is 10.5 Å². The van der Waals surface area contributed by atoms with E-state index in [0.717, 1.165) is 12.8 Å². The number of fused-ring (bicyclic) bond motifs is 2. The zero-order valence-corrected chi connectivity index (χ0v) is 15.2. The maximum atomic E-state index is 12.3. The first-order valence-electron chi connectivity index (χ1n) is 8.58. The largest absolute Gasteiger partial charge is 0.492 e. The zero-order chi connectivity index (χ0) is 17.1. The minimum absolute atomic E-state index is 0. The van der Waals surface area contributed by atoms with Crippen molar-refractivity contribution in [2.75, 3.05) is 18.5 Å². The minimum Gasteiger partial charge on any atom is -0.492 e. The maximum absolute atomic E-state index is 12.3. The number of anilines is 1. The van der Waals surface area contributed by atoms with Crippen LogP contribution in [0, 0.1) is 17.8 Å². The van der Waals surface area contributed by atoms with Crippen LogP contribution in [0.15, 0.2) is 24.3 Å². The molecule has 1 aromatic rings. The van der Waals surface area contributed by atoms with Crippen LogP contribution >= 0.6 is 12.4 Å². The molecular formula is C18H26ClN3O3. The number of benzene rings is 1. The highest BCUT2D eigenvalue weighted by atomic mass is 35.5. The summed E-state index contributed by atoms with van der Waals surface area (Å²) >= 11 is 0. The lowest BCUT2D eigenvalue weighted by atomic mass is 9.84. The second-order valence-corrected chi connectivity index (χ2v) is 6.78. The number of rotatable bonds is 6. The van der Waals surface area contributed by atoms with Crippen molar-refractivity contribution >= 4 is 29.9 Å². The Morgan fingerprint density at radius 3 is 2.72 bits per heavy atom. The zero-order valence-electron chi connectivity index (χ0n) is 14.4. The Morgan fingerprint density at radius 1 is 1.28 bits per heavy atom. The predicted molar refractivity (Wildman–Crippen MR) is 98.8 cm³/mol. The summed E-state index contributed by atoms with van der Waals surface area (Å²) in [7, 11) is 0. The Kier molecular flexibility index (Phi) is 6.67. The monoisotopic (exact) mass is 367 g/mol. The van der Waals surface area contributed by atoms with Gasteiger partial charge in [0.05, 0.1) is 12.5 Å². The SMILES string of the molecule is CC(=O)Nc1cccc(OCCNC(=O)C2C3CCC(C3)C2N)c1.Cl. The average molecular weight is 368 g/mol. The highest BCUT2D eigenvalue weighted by molar-refractivity contribution is 5.88. The van der Waals surface area contributed by atoms with Crippen molar-refractivity contribution in [2.24, 2.45) is 23.5 Å². The van der Waals surface area contributed by atoms with Gasteiger partial charge < -0.3 is 21.1 Å². The summed E-state index contributed by atoms with van der Waals surface area (Å²) in [5.41, 5.74) is 6.88. The molecule has 4 atom stereocenters. The Labute approximate surface area is 154 Å². The lowest BCUT2D eigenvalue weighted by molar-refractivity contribution is -0.127. The third kappa shape index (κ3) is 4.64. The number of nitrogens with two attached hydrogens (primary N) is 1. The molecule has 0 aromatic heterocycles. The van der Waals surface area contributed by atoms with Gasteiger partial charge in [-0.05, 0) is 43.2 Å². The molecule has 4 unspecified atom stereocenters. The third-order valence-electron chi connectivity index (χ3n) is 5.11. The first-order valence-corrected chi connectivity index (χ1v) is 8.58. The first-order chi connectivity index (χ1) is 11.5. The quantitative estimate of drug-likeness (QED) is 0.670. The van der Waals surface area contributed by atoms with Crippen molar-refractivity contribution in [3.05, 3.63) is 24.3 Å². The van der Waals surface area contributed by atoms with E-state index >= 15 is 0 Å². The molecule has 4 N–H and O–H groups in total. The van der Waals surface area contributed by atoms with Crippen molar-refractivity contribution in [1.82, 2.24) is 5.32 Å². The second kappa shape index (κ2) is 8.54. The van der Waals surface area contributed by atoms with E-state index in [1.54, 1.807) is 12.1 Å². The molecule has 0 saturated heterocycles. The van der Waals surface area contributed by atoms with E-state index in [-0.39, 0.29) is 36.2 Å². The summed E-state index contributed by atoms with van der Waals surface area (Å²) < 4.78 is 5.63. The lowest BCUT2D eigenvalue weighted by Gasteiger charge is -2.27. The van der Waals surface area contributed by atoms with Crippen LogP contribution in [0.1, 0.15) is 26.2 Å². The van der Waals surface area contributed by atoms with Crippen LogP contribution in [0.4, 0.5) is 5.69 Å². The summed E-state index contributed by atoms with van der Waals surface area (Å²) in [6.45, 7) is 2.29. The summed E-state index contributed by atoms with van der Waals surface area (Å²) in [6, 6.07) is 7.20. The van der Waals surface area contributed by atoms with Gasteiger partial charge in [0.25, 0.3) is 0 Å². The van der Waals surface area contributed by atoms with Gasteiger partial charge in [-0.2, -0.15) is 0 Å². The van der Waals surface area contributed by atoms with Gasteiger partial charge in [0.1, 0.15) is 12.4 Å². The van der Waals surface area contributed by atoms with Crippen LogP contribution in [0.25, 0.3) is 0 Å². The van der Waals surface area contributed by atoms with E-state index in [9.17, 15) is 9.59 Å². The van der Waals surface area contributed by atoms with Gasteiger partial charge in [0, 0.05) is 24.7 Å². The van der Waals surface area contributed by atoms with Crippen LogP contribution < -0.4 is 21.1 Å². The summed E-state index contributed by atoms with van der Waals surface area (Å²) in [6.07, 6.45) is 3.40. The van der Waals surface area contributed by atoms with E-state index in [2.05, 4.69) is 10.6 Å². The van der Waals surface area contributed by atoms with Crippen molar-refractivity contribution < 1.29 is 14.3 Å². The normalized spacial score (nSPS) is 26.6. The van der Waals surface area contributed by atoms with Gasteiger partial charge in [0.15, 0.2) is 0 Å². The Balaban J connectivity index is 0.00000225. The fraction of sp³-hybridized carbons (Fsp3) is 0.556. The number of amides is 2. The highest BCUT2D eigenvalue weighted by Gasteiger charge is 2.48. The molecule has 7 heteroatoms. The summed E-state index contributed by atoms with van der Waals surface area (Å²) in [5.74, 6) is 1.55. The molecule has 0 radical (unpaired) electrons.